The van der Waals surface area contributed by atoms with Crippen LogP contribution in [-0.4, -0.2) is 28.2 Å². The highest BCUT2D eigenvalue weighted by atomic mass is 35.5. The van der Waals surface area contributed by atoms with Gasteiger partial charge in [0.25, 0.3) is 5.91 Å². The standard InChI is InChI=1S/C29H26ClN3O6/c1-16(28(35)36)21-8-5-7-11-24(21)31-27(34)20-14-12-19(13-15-20)26-25(17(2)33-39-26)32-29(37)38-18(3)22-9-4-6-10-23(22)30/h4-16,18H,1-3H3,(H,31,34)(H,32,37)(H,35,36)/t16-,18-/m1/s1. The molecule has 3 N–H and O–H groups in total. The van der Waals surface area contributed by atoms with Gasteiger partial charge in [0.1, 0.15) is 17.5 Å². The Morgan fingerprint density at radius 2 is 1.56 bits per heavy atom. The molecule has 0 fully saturated rings. The molecule has 9 nitrogen and oxygen atoms in total. The van der Waals surface area contributed by atoms with Crippen molar-refractivity contribution in [2.75, 3.05) is 10.6 Å². The van der Waals surface area contributed by atoms with E-state index in [1.807, 2.05) is 0 Å². The predicted molar refractivity (Wildman–Crippen MR) is 147 cm³/mol. The zero-order valence-electron chi connectivity index (χ0n) is 21.4. The number of ether oxygens (including phenoxy) is 1. The van der Waals surface area contributed by atoms with Crippen molar-refractivity contribution in [1.82, 2.24) is 5.16 Å². The fourth-order valence-corrected chi connectivity index (χ4v) is 4.25. The fraction of sp³-hybridized carbons (Fsp3) is 0.172. The minimum absolute atomic E-state index is 0.294. The van der Waals surface area contributed by atoms with Gasteiger partial charge in [0.2, 0.25) is 0 Å². The average molecular weight is 548 g/mol. The van der Waals surface area contributed by atoms with E-state index < -0.39 is 30.0 Å². The maximum Gasteiger partial charge on any atom is 0.412 e. The van der Waals surface area contributed by atoms with E-state index in [1.165, 1.54) is 0 Å². The normalized spacial score (nSPS) is 12.3. The quantitative estimate of drug-likeness (QED) is 0.215. The summed E-state index contributed by atoms with van der Waals surface area (Å²) in [5.41, 5.74) is 3.28. The number of benzene rings is 3. The van der Waals surface area contributed by atoms with Crippen molar-refractivity contribution in [3.63, 3.8) is 0 Å². The maximum atomic E-state index is 12.9. The number of aromatic nitrogens is 1. The molecule has 10 heteroatoms. The van der Waals surface area contributed by atoms with Gasteiger partial charge in [-0.1, -0.05) is 65.3 Å². The summed E-state index contributed by atoms with van der Waals surface area (Å²) < 4.78 is 10.9. The van der Waals surface area contributed by atoms with Crippen LogP contribution in [0.2, 0.25) is 5.02 Å². The third kappa shape index (κ3) is 6.27. The highest BCUT2D eigenvalue weighted by Crippen LogP contribution is 2.32. The van der Waals surface area contributed by atoms with Gasteiger partial charge in [-0.25, -0.2) is 4.79 Å². The lowest BCUT2D eigenvalue weighted by atomic mass is 9.99. The third-order valence-corrected chi connectivity index (χ3v) is 6.52. The highest BCUT2D eigenvalue weighted by Gasteiger charge is 2.22. The number of carbonyl (C=O) groups excluding carboxylic acids is 2. The second-order valence-electron chi connectivity index (χ2n) is 8.84. The molecule has 4 rings (SSSR count). The lowest BCUT2D eigenvalue weighted by molar-refractivity contribution is -0.138. The van der Waals surface area contributed by atoms with Crippen LogP contribution >= 0.6 is 11.6 Å². The second kappa shape index (κ2) is 11.8. The number of carboxylic acids is 1. The van der Waals surface area contributed by atoms with Crippen molar-refractivity contribution >= 4 is 40.9 Å². The van der Waals surface area contributed by atoms with Crippen molar-refractivity contribution < 1.29 is 28.8 Å². The van der Waals surface area contributed by atoms with Gasteiger partial charge in [-0.15, -0.1) is 0 Å². The monoisotopic (exact) mass is 547 g/mol. The molecule has 0 saturated heterocycles. The molecule has 200 valence electrons. The Morgan fingerprint density at radius 3 is 2.23 bits per heavy atom. The Morgan fingerprint density at radius 1 is 0.923 bits per heavy atom. The summed E-state index contributed by atoms with van der Waals surface area (Å²) in [5, 5.41) is 19.3. The number of carboxylic acid groups (broad SMARTS) is 1. The van der Waals surface area contributed by atoms with Crippen molar-refractivity contribution in [2.45, 2.75) is 32.8 Å². The number of aliphatic carboxylic acids is 1. The average Bonchev–Trinajstić information content (AvgIpc) is 3.28. The molecule has 0 aliphatic rings. The number of rotatable bonds is 8. The van der Waals surface area contributed by atoms with Crippen molar-refractivity contribution in [2.24, 2.45) is 0 Å². The number of hydrogen-bond donors (Lipinski definition) is 3. The fourth-order valence-electron chi connectivity index (χ4n) is 3.96. The van der Waals surface area contributed by atoms with Gasteiger partial charge >= 0.3 is 12.1 Å². The molecule has 2 amide bonds. The number of amides is 2. The summed E-state index contributed by atoms with van der Waals surface area (Å²) >= 11 is 6.20. The Balaban J connectivity index is 1.47. The van der Waals surface area contributed by atoms with E-state index in [1.54, 1.807) is 93.6 Å². The van der Waals surface area contributed by atoms with Gasteiger partial charge in [-0.2, -0.15) is 0 Å². The van der Waals surface area contributed by atoms with Gasteiger partial charge in [0.15, 0.2) is 5.76 Å². The Hall–Kier alpha value is -4.63. The van der Waals surface area contributed by atoms with Gasteiger partial charge in [-0.05, 0) is 50.6 Å². The minimum atomic E-state index is -0.991. The molecule has 0 aliphatic heterocycles. The summed E-state index contributed by atoms with van der Waals surface area (Å²) in [7, 11) is 0. The summed E-state index contributed by atoms with van der Waals surface area (Å²) in [6.07, 6.45) is -1.30. The number of aryl methyl sites for hydroxylation is 1. The van der Waals surface area contributed by atoms with E-state index in [2.05, 4.69) is 15.8 Å². The first-order valence-corrected chi connectivity index (χ1v) is 12.4. The van der Waals surface area contributed by atoms with E-state index >= 15 is 0 Å². The molecular weight excluding hydrogens is 522 g/mol. The summed E-state index contributed by atoms with van der Waals surface area (Å²) in [6, 6.07) is 20.3. The van der Waals surface area contributed by atoms with Crippen LogP contribution in [-0.2, 0) is 9.53 Å². The van der Waals surface area contributed by atoms with E-state index in [-0.39, 0.29) is 0 Å². The number of halogens is 1. The van der Waals surface area contributed by atoms with Gasteiger partial charge in [0, 0.05) is 27.4 Å². The SMILES string of the molecule is Cc1noc(-c2ccc(C(=O)Nc3ccccc3[C@@H](C)C(=O)O)cc2)c1NC(=O)O[C@H](C)c1ccccc1Cl. The molecule has 0 unspecified atom stereocenters. The molecular formula is C29H26ClN3O6. The molecule has 0 radical (unpaired) electrons. The topological polar surface area (TPSA) is 131 Å². The van der Waals surface area contributed by atoms with Crippen molar-refractivity contribution in [3.8, 4) is 11.3 Å². The summed E-state index contributed by atoms with van der Waals surface area (Å²) in [6.45, 7) is 4.95. The van der Waals surface area contributed by atoms with E-state index in [4.69, 9.17) is 20.9 Å². The Kier molecular flexibility index (Phi) is 8.31. The zero-order valence-corrected chi connectivity index (χ0v) is 22.2. The molecule has 0 spiro atoms. The first-order chi connectivity index (χ1) is 18.7. The first kappa shape index (κ1) is 27.4. The molecule has 4 aromatic rings. The van der Waals surface area contributed by atoms with Crippen molar-refractivity contribution in [3.05, 3.63) is 100 Å². The molecule has 3 aromatic carbocycles. The maximum absolute atomic E-state index is 12.9. The molecule has 1 heterocycles. The first-order valence-electron chi connectivity index (χ1n) is 12.1. The van der Waals surface area contributed by atoms with Gasteiger partial charge < -0.3 is 19.7 Å². The van der Waals surface area contributed by atoms with Crippen LogP contribution in [0, 0.1) is 6.92 Å². The predicted octanol–water partition coefficient (Wildman–Crippen LogP) is 7.05. The Labute approximate surface area is 229 Å². The Bertz CT molecular complexity index is 1520. The molecule has 2 atom stereocenters. The molecule has 0 aliphatic carbocycles. The smallest absolute Gasteiger partial charge is 0.412 e. The number of carbonyl (C=O) groups is 3. The van der Waals surface area contributed by atoms with Crippen LogP contribution in [0.25, 0.3) is 11.3 Å². The van der Waals surface area contributed by atoms with Crippen molar-refractivity contribution in [1.29, 1.82) is 0 Å². The van der Waals surface area contributed by atoms with Gasteiger partial charge in [0.05, 0.1) is 5.92 Å². The van der Waals surface area contributed by atoms with Crippen LogP contribution in [0.4, 0.5) is 16.2 Å². The largest absolute Gasteiger partial charge is 0.481 e. The zero-order chi connectivity index (χ0) is 28.1. The lowest BCUT2D eigenvalue weighted by Crippen LogP contribution is -2.17. The van der Waals surface area contributed by atoms with Crippen LogP contribution in [0.5, 0.6) is 0 Å². The molecule has 1 aromatic heterocycles. The summed E-state index contributed by atoms with van der Waals surface area (Å²) in [4.78, 5) is 37.0. The third-order valence-electron chi connectivity index (χ3n) is 6.17. The second-order valence-corrected chi connectivity index (χ2v) is 9.25. The van der Waals surface area contributed by atoms with E-state index in [0.29, 0.717) is 50.1 Å². The van der Waals surface area contributed by atoms with E-state index in [9.17, 15) is 19.5 Å². The van der Waals surface area contributed by atoms with Crippen LogP contribution < -0.4 is 10.6 Å². The lowest BCUT2D eigenvalue weighted by Gasteiger charge is -2.15. The van der Waals surface area contributed by atoms with Gasteiger partial charge in [-0.3, -0.25) is 14.9 Å². The molecule has 39 heavy (non-hydrogen) atoms. The number of nitrogens with zero attached hydrogens (tertiary/aromatic N) is 1. The number of para-hydroxylation sites is 1. The van der Waals surface area contributed by atoms with Crippen LogP contribution in [0.15, 0.2) is 77.3 Å². The number of nitrogens with one attached hydrogen (secondary N) is 2. The number of anilines is 2. The highest BCUT2D eigenvalue weighted by molar-refractivity contribution is 6.31. The van der Waals surface area contributed by atoms with E-state index in [0.717, 1.165) is 0 Å². The molecule has 0 bridgehead atoms. The van der Waals surface area contributed by atoms with Crippen LogP contribution in [0.1, 0.15) is 53.0 Å². The molecule has 0 saturated carbocycles. The summed E-state index contributed by atoms with van der Waals surface area (Å²) in [5.74, 6) is -1.89. The number of hydrogen-bond acceptors (Lipinski definition) is 6. The van der Waals surface area contributed by atoms with Crippen LogP contribution in [0.3, 0.4) is 0 Å². The minimum Gasteiger partial charge on any atom is -0.481 e.